The Kier molecular flexibility index (Phi) is 7.67. The molecule has 0 spiro atoms. The molecule has 0 bridgehead atoms. The number of hydrogen-bond acceptors (Lipinski definition) is 9. The van der Waals surface area contributed by atoms with Crippen LogP contribution in [-0.2, 0) is 33.3 Å². The average molecular weight is 601 g/mol. The highest BCUT2D eigenvalue weighted by atomic mass is 16.7. The van der Waals surface area contributed by atoms with E-state index in [1.54, 1.807) is 26.4 Å². The first-order valence-electron chi connectivity index (χ1n) is 15.8. The van der Waals surface area contributed by atoms with Crippen LogP contribution in [0, 0.1) is 39.9 Å². The molecular formula is C34H48O9. The standard InChI is InChI=1S/C34H48O9/c1-9-17(2)31(37)43-25-14-24(41-19(4)35)32(5)16-40-28-29(32)33(25,6)23-13-26(38-8)42-22-12-21(20-10-11-39-15-20)18(3)27(22)34(23,7)30(28)36/h9-11,15,18,21-30,36H,12-14,16H2,1-8H3/b17-9+/t18-,21+,22-,23+,24+,25-,26-,27+,28+,29-,30+,32+,33-,34+/m0/s1. The fourth-order valence-corrected chi connectivity index (χ4v) is 10.7. The van der Waals surface area contributed by atoms with Gasteiger partial charge in [0.25, 0.3) is 0 Å². The second-order valence-corrected chi connectivity index (χ2v) is 14.5. The minimum Gasteiger partial charge on any atom is -0.472 e. The Morgan fingerprint density at radius 3 is 2.44 bits per heavy atom. The van der Waals surface area contributed by atoms with Crippen LogP contribution in [0.5, 0.6) is 0 Å². The Hall–Kier alpha value is -2.20. The van der Waals surface area contributed by atoms with E-state index in [0.29, 0.717) is 25.0 Å². The number of ether oxygens (including phenoxy) is 5. The van der Waals surface area contributed by atoms with Gasteiger partial charge >= 0.3 is 11.9 Å². The van der Waals surface area contributed by atoms with E-state index in [1.165, 1.54) is 6.92 Å². The van der Waals surface area contributed by atoms with Crippen LogP contribution in [0.3, 0.4) is 0 Å². The van der Waals surface area contributed by atoms with Crippen molar-refractivity contribution in [2.24, 2.45) is 39.9 Å². The van der Waals surface area contributed by atoms with Gasteiger partial charge in [-0.2, -0.15) is 0 Å². The molecule has 0 amide bonds. The molecule has 0 aromatic carbocycles. The molecule has 2 saturated heterocycles. The van der Waals surface area contributed by atoms with Gasteiger partial charge < -0.3 is 33.2 Å². The maximum atomic E-state index is 13.4. The second kappa shape index (κ2) is 10.7. The number of furan rings is 1. The first kappa shape index (κ1) is 30.8. The topological polar surface area (TPSA) is 114 Å². The summed E-state index contributed by atoms with van der Waals surface area (Å²) in [7, 11) is 1.67. The molecule has 1 aromatic heterocycles. The van der Waals surface area contributed by atoms with Crippen molar-refractivity contribution < 1.29 is 42.8 Å². The second-order valence-electron chi connectivity index (χ2n) is 14.5. The third-order valence-electron chi connectivity index (χ3n) is 12.7. The Bertz CT molecular complexity index is 1260. The Morgan fingerprint density at radius 1 is 1.07 bits per heavy atom. The first-order valence-corrected chi connectivity index (χ1v) is 15.8. The Morgan fingerprint density at radius 2 is 1.81 bits per heavy atom. The number of aliphatic hydroxyl groups is 1. The Balaban J connectivity index is 1.52. The van der Waals surface area contributed by atoms with Gasteiger partial charge in [0.1, 0.15) is 12.2 Å². The van der Waals surface area contributed by atoms with Gasteiger partial charge in [0.15, 0.2) is 6.29 Å². The van der Waals surface area contributed by atoms with E-state index in [-0.39, 0.29) is 47.6 Å². The molecule has 238 valence electrons. The molecular weight excluding hydrogens is 552 g/mol. The summed E-state index contributed by atoms with van der Waals surface area (Å²) in [5, 5.41) is 12.6. The molecule has 1 N–H and O–H groups in total. The molecule has 0 unspecified atom stereocenters. The van der Waals surface area contributed by atoms with Crippen LogP contribution in [0.1, 0.15) is 79.2 Å². The summed E-state index contributed by atoms with van der Waals surface area (Å²) >= 11 is 0. The van der Waals surface area contributed by atoms with Crippen LogP contribution in [0.4, 0.5) is 0 Å². The molecule has 3 saturated carbocycles. The van der Waals surface area contributed by atoms with E-state index in [9.17, 15) is 14.7 Å². The summed E-state index contributed by atoms with van der Waals surface area (Å²) in [5.74, 6) is -0.848. The molecule has 43 heavy (non-hydrogen) atoms. The van der Waals surface area contributed by atoms with Crippen molar-refractivity contribution in [3.05, 3.63) is 35.8 Å². The summed E-state index contributed by atoms with van der Waals surface area (Å²) in [6, 6.07) is 2.02. The lowest BCUT2D eigenvalue weighted by atomic mass is 9.38. The predicted molar refractivity (Wildman–Crippen MR) is 156 cm³/mol. The highest BCUT2D eigenvalue weighted by Crippen LogP contribution is 2.73. The molecule has 3 heterocycles. The fourth-order valence-electron chi connectivity index (χ4n) is 10.7. The average Bonchev–Trinajstić information content (AvgIpc) is 3.68. The van der Waals surface area contributed by atoms with Gasteiger partial charge in [-0.1, -0.05) is 33.8 Å². The van der Waals surface area contributed by atoms with Crippen LogP contribution in [0.25, 0.3) is 0 Å². The monoisotopic (exact) mass is 600 g/mol. The number of esters is 2. The Labute approximate surface area is 254 Å². The van der Waals surface area contributed by atoms with Crippen LogP contribution < -0.4 is 0 Å². The lowest BCUT2D eigenvalue weighted by Gasteiger charge is -2.67. The number of fused-ring (bicyclic) bond motifs is 4. The maximum absolute atomic E-state index is 13.4. The molecule has 0 radical (unpaired) electrons. The van der Waals surface area contributed by atoms with E-state index in [2.05, 4.69) is 27.7 Å². The number of rotatable bonds is 5. The van der Waals surface area contributed by atoms with Crippen molar-refractivity contribution in [1.29, 1.82) is 0 Å². The molecule has 6 rings (SSSR count). The zero-order valence-corrected chi connectivity index (χ0v) is 26.7. The SMILES string of the molecule is C/C=C(\C)C(=O)O[C@H]1C[C@@H](OC(C)=O)[C@@]2(C)CO[C@H]3[C@@H](O)[C@@]4(C)[C@@H]5[C@@H](C)[C@H](c6ccoc6)C[C@@H]5O[C@H](OC)C[C@@H]4[C@]1(C)[C@@H]32. The smallest absolute Gasteiger partial charge is 0.333 e. The van der Waals surface area contributed by atoms with E-state index >= 15 is 0 Å². The number of aliphatic hydroxyl groups excluding tert-OH is 1. The van der Waals surface area contributed by atoms with Crippen LogP contribution in [0.15, 0.2) is 34.7 Å². The summed E-state index contributed by atoms with van der Waals surface area (Å²) in [6.07, 6.45) is 3.83. The highest BCUT2D eigenvalue weighted by Gasteiger charge is 2.77. The fraction of sp³-hybridized carbons (Fsp3) is 0.765. The van der Waals surface area contributed by atoms with Gasteiger partial charge in [-0.3, -0.25) is 4.79 Å². The third-order valence-corrected chi connectivity index (χ3v) is 12.7. The summed E-state index contributed by atoms with van der Waals surface area (Å²) in [4.78, 5) is 25.8. The number of hydrogen-bond donors (Lipinski definition) is 1. The number of carbonyl (C=O) groups is 2. The van der Waals surface area contributed by atoms with Gasteiger partial charge in [0, 0.05) is 54.6 Å². The third kappa shape index (κ3) is 4.32. The molecule has 5 aliphatic rings. The largest absolute Gasteiger partial charge is 0.472 e. The molecule has 9 nitrogen and oxygen atoms in total. The van der Waals surface area contributed by atoms with Crippen molar-refractivity contribution in [2.75, 3.05) is 13.7 Å². The van der Waals surface area contributed by atoms with E-state index in [1.807, 2.05) is 19.3 Å². The molecule has 2 aliphatic heterocycles. The molecule has 9 heteroatoms. The van der Waals surface area contributed by atoms with E-state index in [4.69, 9.17) is 28.1 Å². The van der Waals surface area contributed by atoms with Crippen LogP contribution >= 0.6 is 0 Å². The van der Waals surface area contributed by atoms with Gasteiger partial charge in [-0.05, 0) is 55.6 Å². The number of carbonyl (C=O) groups excluding carboxylic acids is 2. The van der Waals surface area contributed by atoms with Crippen molar-refractivity contribution in [1.82, 2.24) is 0 Å². The maximum Gasteiger partial charge on any atom is 0.333 e. The summed E-state index contributed by atoms with van der Waals surface area (Å²) < 4.78 is 37.2. The zero-order chi connectivity index (χ0) is 31.1. The number of methoxy groups -OCH3 is 1. The van der Waals surface area contributed by atoms with Gasteiger partial charge in [-0.15, -0.1) is 0 Å². The van der Waals surface area contributed by atoms with Crippen molar-refractivity contribution in [3.63, 3.8) is 0 Å². The molecule has 3 aliphatic carbocycles. The minimum absolute atomic E-state index is 0.0272. The predicted octanol–water partition coefficient (Wildman–Crippen LogP) is 5.02. The normalized spacial score (nSPS) is 49.0. The first-order chi connectivity index (χ1) is 20.3. The summed E-state index contributed by atoms with van der Waals surface area (Å²) in [5.41, 5.74) is -0.238. The van der Waals surface area contributed by atoms with E-state index < -0.39 is 47.0 Å². The lowest BCUT2D eigenvalue weighted by molar-refractivity contribution is -0.274. The van der Waals surface area contributed by atoms with Crippen LogP contribution in [0.2, 0.25) is 0 Å². The van der Waals surface area contributed by atoms with Gasteiger partial charge in [-0.25, -0.2) is 4.79 Å². The number of allylic oxidation sites excluding steroid dienone is 1. The van der Waals surface area contributed by atoms with Crippen molar-refractivity contribution >= 4 is 11.9 Å². The zero-order valence-electron chi connectivity index (χ0n) is 26.7. The molecule has 14 atom stereocenters. The van der Waals surface area contributed by atoms with Gasteiger partial charge in [0.05, 0.1) is 37.4 Å². The van der Waals surface area contributed by atoms with Crippen LogP contribution in [-0.4, -0.2) is 67.6 Å². The van der Waals surface area contributed by atoms with Crippen molar-refractivity contribution in [2.45, 2.75) is 110 Å². The van der Waals surface area contributed by atoms with Crippen molar-refractivity contribution in [3.8, 4) is 0 Å². The summed E-state index contributed by atoms with van der Waals surface area (Å²) in [6.45, 7) is 14.1. The van der Waals surface area contributed by atoms with E-state index in [0.717, 1.165) is 12.0 Å². The van der Waals surface area contributed by atoms with Gasteiger partial charge in [0.2, 0.25) is 0 Å². The quantitative estimate of drug-likeness (QED) is 0.368. The molecule has 5 fully saturated rings. The minimum atomic E-state index is -0.820. The molecule has 1 aromatic rings. The lowest BCUT2D eigenvalue weighted by Crippen LogP contribution is -2.73. The highest BCUT2D eigenvalue weighted by molar-refractivity contribution is 5.87.